The number of alkyl halides is 1. The van der Waals surface area contributed by atoms with E-state index in [1.807, 2.05) is 6.92 Å². The Labute approximate surface area is 81.5 Å². The second-order valence-electron chi connectivity index (χ2n) is 3.00. The lowest BCUT2D eigenvalue weighted by atomic mass is 10.3. The summed E-state index contributed by atoms with van der Waals surface area (Å²) >= 11 is 3.31. The van der Waals surface area contributed by atoms with Crippen molar-refractivity contribution in [2.24, 2.45) is 0 Å². The van der Waals surface area contributed by atoms with Crippen molar-refractivity contribution in [3.8, 4) is 0 Å². The maximum Gasteiger partial charge on any atom is 0.154 e. The Morgan fingerprint density at radius 2 is 2.17 bits per heavy atom. The number of hydrogen-bond donors (Lipinski definition) is 0. The maximum atomic E-state index is 11.1. The lowest BCUT2D eigenvalue weighted by molar-refractivity contribution is 0.0760. The molecular weight excluding hydrogens is 244 g/mol. The third kappa shape index (κ3) is 2.71. The molecule has 0 aliphatic carbocycles. The van der Waals surface area contributed by atoms with Crippen LogP contribution < -0.4 is 0 Å². The van der Waals surface area contributed by atoms with E-state index in [0.717, 1.165) is 6.42 Å². The Morgan fingerprint density at radius 3 is 2.58 bits per heavy atom. The highest BCUT2D eigenvalue weighted by Crippen LogP contribution is 2.22. The summed E-state index contributed by atoms with van der Waals surface area (Å²) in [6.07, 6.45) is 0.783. The monoisotopic (exact) mass is 256 g/mol. The third-order valence-corrected chi connectivity index (χ3v) is 4.82. The number of sulfone groups is 1. The van der Waals surface area contributed by atoms with Gasteiger partial charge in [-0.3, -0.25) is 0 Å². The van der Waals surface area contributed by atoms with E-state index >= 15 is 0 Å². The molecule has 3 nitrogen and oxygen atoms in total. The van der Waals surface area contributed by atoms with Gasteiger partial charge in [0.15, 0.2) is 9.84 Å². The van der Waals surface area contributed by atoms with Crippen molar-refractivity contribution in [3.05, 3.63) is 0 Å². The number of ether oxygens (including phenoxy) is 1. The molecule has 2 unspecified atom stereocenters. The fourth-order valence-corrected chi connectivity index (χ4v) is 4.65. The number of hydrogen-bond acceptors (Lipinski definition) is 3. The van der Waals surface area contributed by atoms with E-state index in [2.05, 4.69) is 15.9 Å². The van der Waals surface area contributed by atoms with Crippen LogP contribution in [0.4, 0.5) is 0 Å². The first-order chi connectivity index (χ1) is 5.55. The van der Waals surface area contributed by atoms with E-state index in [-0.39, 0.29) is 22.4 Å². The van der Waals surface area contributed by atoms with Gasteiger partial charge in [-0.2, -0.15) is 0 Å². The minimum absolute atomic E-state index is 0.0194. The standard InChI is InChI=1S/C7H13BrO3S/c1-2-3-11-7-5-12(9,10)4-6(7)8/h6-7H,2-5H2,1H3. The molecule has 0 aromatic carbocycles. The summed E-state index contributed by atoms with van der Waals surface area (Å²) in [5.74, 6) is 0.379. The van der Waals surface area contributed by atoms with Crippen LogP contribution in [-0.4, -0.2) is 37.5 Å². The van der Waals surface area contributed by atoms with Gasteiger partial charge in [0.1, 0.15) is 0 Å². The highest BCUT2D eigenvalue weighted by Gasteiger charge is 2.36. The van der Waals surface area contributed by atoms with Gasteiger partial charge in [-0.25, -0.2) is 8.42 Å². The molecule has 0 aromatic rings. The molecule has 0 spiro atoms. The van der Waals surface area contributed by atoms with E-state index in [4.69, 9.17) is 4.74 Å². The first-order valence-electron chi connectivity index (χ1n) is 4.01. The normalized spacial score (nSPS) is 33.8. The molecule has 72 valence electrons. The SMILES string of the molecule is CCCOC1CS(=O)(=O)CC1Br. The average molecular weight is 257 g/mol. The Kier molecular flexibility index (Phi) is 3.55. The van der Waals surface area contributed by atoms with Gasteiger partial charge in [-0.15, -0.1) is 0 Å². The third-order valence-electron chi connectivity index (χ3n) is 1.77. The smallest absolute Gasteiger partial charge is 0.154 e. The molecular formula is C7H13BrO3S. The van der Waals surface area contributed by atoms with Crippen LogP contribution >= 0.6 is 15.9 Å². The lowest BCUT2D eigenvalue weighted by Gasteiger charge is -2.12. The summed E-state index contributed by atoms with van der Waals surface area (Å²) in [6, 6.07) is 0. The van der Waals surface area contributed by atoms with Crippen molar-refractivity contribution in [3.63, 3.8) is 0 Å². The van der Waals surface area contributed by atoms with Crippen LogP contribution in [0.1, 0.15) is 13.3 Å². The molecule has 0 bridgehead atoms. The summed E-state index contributed by atoms with van der Waals surface area (Å²) < 4.78 is 27.6. The molecule has 0 aromatic heterocycles. The molecule has 1 heterocycles. The predicted octanol–water partition coefficient (Wildman–Crippen LogP) is 0.973. The second-order valence-corrected chi connectivity index (χ2v) is 6.33. The van der Waals surface area contributed by atoms with Crippen molar-refractivity contribution < 1.29 is 13.2 Å². The van der Waals surface area contributed by atoms with Crippen molar-refractivity contribution in [1.29, 1.82) is 0 Å². The summed E-state index contributed by atoms with van der Waals surface area (Å²) in [5.41, 5.74) is 0. The Bertz CT molecular complexity index is 237. The minimum Gasteiger partial charge on any atom is -0.376 e. The fourth-order valence-electron chi connectivity index (χ4n) is 1.19. The first-order valence-corrected chi connectivity index (χ1v) is 6.75. The molecule has 1 saturated heterocycles. The van der Waals surface area contributed by atoms with E-state index in [0.29, 0.717) is 6.61 Å². The molecule has 0 amide bonds. The van der Waals surface area contributed by atoms with Crippen molar-refractivity contribution in [1.82, 2.24) is 0 Å². The lowest BCUT2D eigenvalue weighted by Crippen LogP contribution is -2.22. The van der Waals surface area contributed by atoms with Gasteiger partial charge in [0.25, 0.3) is 0 Å². The summed E-state index contributed by atoms with van der Waals surface area (Å²) in [7, 11) is -2.85. The Morgan fingerprint density at radius 1 is 1.50 bits per heavy atom. The van der Waals surface area contributed by atoms with Crippen molar-refractivity contribution in [2.75, 3.05) is 18.1 Å². The number of rotatable bonds is 3. The van der Waals surface area contributed by atoms with E-state index < -0.39 is 9.84 Å². The van der Waals surface area contributed by atoms with E-state index in [9.17, 15) is 8.42 Å². The molecule has 1 rings (SSSR count). The maximum absolute atomic E-state index is 11.1. The summed E-state index contributed by atoms with van der Waals surface area (Å²) in [5, 5.41) is 0. The van der Waals surface area contributed by atoms with Gasteiger partial charge < -0.3 is 4.74 Å². The van der Waals surface area contributed by atoms with Gasteiger partial charge in [0, 0.05) is 6.61 Å². The molecule has 2 atom stereocenters. The minimum atomic E-state index is -2.85. The predicted molar refractivity (Wildman–Crippen MR) is 51.4 cm³/mol. The van der Waals surface area contributed by atoms with Crippen LogP contribution in [0.2, 0.25) is 0 Å². The second kappa shape index (κ2) is 4.07. The Hall–Kier alpha value is 0.390. The molecule has 12 heavy (non-hydrogen) atoms. The summed E-state index contributed by atoms with van der Waals surface area (Å²) in [4.78, 5) is -0.0194. The fraction of sp³-hybridized carbons (Fsp3) is 1.00. The molecule has 0 saturated carbocycles. The van der Waals surface area contributed by atoms with Gasteiger partial charge in [-0.1, -0.05) is 22.9 Å². The van der Waals surface area contributed by atoms with Gasteiger partial charge in [0.05, 0.1) is 22.4 Å². The van der Waals surface area contributed by atoms with E-state index in [1.54, 1.807) is 0 Å². The highest BCUT2D eigenvalue weighted by atomic mass is 79.9. The number of halogens is 1. The van der Waals surface area contributed by atoms with Gasteiger partial charge in [0.2, 0.25) is 0 Å². The topological polar surface area (TPSA) is 43.4 Å². The van der Waals surface area contributed by atoms with Gasteiger partial charge >= 0.3 is 0 Å². The Balaban J connectivity index is 2.47. The molecule has 5 heteroatoms. The molecule has 1 aliphatic rings. The molecule has 0 N–H and O–H groups in total. The van der Waals surface area contributed by atoms with Crippen LogP contribution in [-0.2, 0) is 14.6 Å². The molecule has 1 fully saturated rings. The van der Waals surface area contributed by atoms with Crippen molar-refractivity contribution in [2.45, 2.75) is 24.3 Å². The largest absolute Gasteiger partial charge is 0.376 e. The van der Waals surface area contributed by atoms with Crippen LogP contribution in [0.25, 0.3) is 0 Å². The van der Waals surface area contributed by atoms with Crippen LogP contribution in [0.5, 0.6) is 0 Å². The zero-order valence-corrected chi connectivity index (χ0v) is 9.40. The quantitative estimate of drug-likeness (QED) is 0.708. The zero-order valence-electron chi connectivity index (χ0n) is 6.99. The van der Waals surface area contributed by atoms with Crippen LogP contribution in [0, 0.1) is 0 Å². The highest BCUT2D eigenvalue weighted by molar-refractivity contribution is 9.09. The van der Waals surface area contributed by atoms with Crippen LogP contribution in [0.15, 0.2) is 0 Å². The average Bonchev–Trinajstić information content (AvgIpc) is 2.20. The molecule has 0 radical (unpaired) electrons. The van der Waals surface area contributed by atoms with Crippen LogP contribution in [0.3, 0.4) is 0 Å². The van der Waals surface area contributed by atoms with Gasteiger partial charge in [-0.05, 0) is 6.42 Å². The molecule has 1 aliphatic heterocycles. The zero-order chi connectivity index (χ0) is 9.19. The first kappa shape index (κ1) is 10.5. The summed E-state index contributed by atoms with van der Waals surface area (Å²) in [6.45, 7) is 2.65. The van der Waals surface area contributed by atoms with E-state index in [1.165, 1.54) is 0 Å². The van der Waals surface area contributed by atoms with Crippen molar-refractivity contribution >= 4 is 25.8 Å².